The molecular formula is C13H15ClIN3O. The van der Waals surface area contributed by atoms with E-state index in [0.29, 0.717) is 0 Å². The van der Waals surface area contributed by atoms with Crippen molar-refractivity contribution in [3.05, 3.63) is 39.2 Å². The Hall–Kier alpha value is -0.790. The second-order valence-electron chi connectivity index (χ2n) is 4.04. The summed E-state index contributed by atoms with van der Waals surface area (Å²) in [6.45, 7) is 1.62. The number of nitrogens with zero attached hydrogens (tertiary/aromatic N) is 2. The lowest BCUT2D eigenvalue weighted by atomic mass is 10.3. The zero-order chi connectivity index (χ0) is 13.7. The van der Waals surface area contributed by atoms with Crippen molar-refractivity contribution in [2.24, 2.45) is 0 Å². The number of methoxy groups -OCH3 is 1. The lowest BCUT2D eigenvalue weighted by Gasteiger charge is -2.11. The molecule has 0 aliphatic rings. The van der Waals surface area contributed by atoms with Gasteiger partial charge in [-0.1, -0.05) is 11.6 Å². The van der Waals surface area contributed by atoms with Gasteiger partial charge in [-0.2, -0.15) is 0 Å². The number of hydrogen-bond donors (Lipinski definition) is 1. The quantitative estimate of drug-likeness (QED) is 0.599. The molecule has 0 saturated heterocycles. The van der Waals surface area contributed by atoms with Gasteiger partial charge < -0.3 is 14.6 Å². The van der Waals surface area contributed by atoms with Gasteiger partial charge in [0.25, 0.3) is 0 Å². The Morgan fingerprint density at radius 1 is 1.47 bits per heavy atom. The number of hydrogen-bond acceptors (Lipinski definition) is 3. The van der Waals surface area contributed by atoms with Crippen molar-refractivity contribution in [2.75, 3.05) is 19.0 Å². The van der Waals surface area contributed by atoms with Gasteiger partial charge in [-0.15, -0.1) is 0 Å². The highest BCUT2D eigenvalue weighted by molar-refractivity contribution is 14.1. The predicted molar refractivity (Wildman–Crippen MR) is 86.2 cm³/mol. The van der Waals surface area contributed by atoms with E-state index < -0.39 is 0 Å². The molecule has 0 bridgehead atoms. The number of imidazole rings is 1. The molecule has 19 heavy (non-hydrogen) atoms. The van der Waals surface area contributed by atoms with Crippen LogP contribution in [0.5, 0.6) is 0 Å². The average molecular weight is 392 g/mol. The van der Waals surface area contributed by atoms with Gasteiger partial charge in [0.1, 0.15) is 0 Å². The van der Waals surface area contributed by atoms with E-state index in [9.17, 15) is 0 Å². The summed E-state index contributed by atoms with van der Waals surface area (Å²) in [5.74, 6) is 0.830. The fourth-order valence-electron chi connectivity index (χ4n) is 1.70. The van der Waals surface area contributed by atoms with Crippen LogP contribution in [0.15, 0.2) is 30.6 Å². The second-order valence-corrected chi connectivity index (χ2v) is 5.64. The van der Waals surface area contributed by atoms with E-state index in [4.69, 9.17) is 16.3 Å². The predicted octanol–water partition coefficient (Wildman–Crippen LogP) is 3.92. The van der Waals surface area contributed by atoms with Gasteiger partial charge in [0.15, 0.2) is 0 Å². The average Bonchev–Trinajstić information content (AvgIpc) is 2.81. The maximum absolute atomic E-state index is 5.95. The molecule has 2 aromatic rings. The number of ether oxygens (including phenoxy) is 1. The fourth-order valence-corrected chi connectivity index (χ4v) is 2.71. The molecule has 0 fully saturated rings. The number of anilines is 2. The van der Waals surface area contributed by atoms with Crippen LogP contribution in [0.2, 0.25) is 5.02 Å². The summed E-state index contributed by atoms with van der Waals surface area (Å²) in [6, 6.07) is 5.74. The number of halogens is 2. The molecule has 0 spiro atoms. The molecule has 4 nitrogen and oxygen atoms in total. The van der Waals surface area contributed by atoms with E-state index in [0.717, 1.165) is 39.8 Å². The lowest BCUT2D eigenvalue weighted by molar-refractivity contribution is 0.190. The molecule has 0 radical (unpaired) electrons. The van der Waals surface area contributed by atoms with Gasteiger partial charge in [0, 0.05) is 41.2 Å². The Labute approximate surface area is 131 Å². The molecule has 1 N–H and O–H groups in total. The number of aromatic nitrogens is 2. The lowest BCUT2D eigenvalue weighted by Crippen LogP contribution is -2.05. The zero-order valence-electron chi connectivity index (χ0n) is 10.6. The van der Waals surface area contributed by atoms with Crippen LogP contribution in [0.25, 0.3) is 0 Å². The highest BCUT2D eigenvalue weighted by Gasteiger charge is 2.06. The molecule has 0 saturated carbocycles. The Kier molecular flexibility index (Phi) is 5.47. The summed E-state index contributed by atoms with van der Waals surface area (Å²) >= 11 is 8.20. The van der Waals surface area contributed by atoms with Gasteiger partial charge >= 0.3 is 0 Å². The molecule has 2 rings (SSSR count). The van der Waals surface area contributed by atoms with Crippen molar-refractivity contribution in [3.8, 4) is 0 Å². The third-order valence-corrected chi connectivity index (χ3v) is 3.77. The summed E-state index contributed by atoms with van der Waals surface area (Å²) in [5.41, 5.74) is 1.00. The van der Waals surface area contributed by atoms with Gasteiger partial charge in [-0.25, -0.2) is 4.98 Å². The minimum absolute atomic E-state index is 0.735. The molecule has 1 heterocycles. The monoisotopic (exact) mass is 391 g/mol. The highest BCUT2D eigenvalue weighted by Crippen LogP contribution is 2.25. The van der Waals surface area contributed by atoms with Crippen LogP contribution < -0.4 is 5.32 Å². The molecule has 1 aromatic heterocycles. The van der Waals surface area contributed by atoms with Crippen LogP contribution in [0.4, 0.5) is 11.6 Å². The van der Waals surface area contributed by atoms with E-state index in [1.807, 2.05) is 24.4 Å². The summed E-state index contributed by atoms with van der Waals surface area (Å²) in [4.78, 5) is 4.33. The molecule has 102 valence electrons. The van der Waals surface area contributed by atoms with Crippen LogP contribution in [0.1, 0.15) is 6.42 Å². The van der Waals surface area contributed by atoms with Gasteiger partial charge in [-0.05, 0) is 47.2 Å². The van der Waals surface area contributed by atoms with E-state index in [-0.39, 0.29) is 0 Å². The third kappa shape index (κ3) is 4.09. The van der Waals surface area contributed by atoms with E-state index >= 15 is 0 Å². The Bertz CT molecular complexity index is 544. The van der Waals surface area contributed by atoms with Gasteiger partial charge in [0.2, 0.25) is 5.95 Å². The first-order valence-electron chi connectivity index (χ1n) is 5.93. The zero-order valence-corrected chi connectivity index (χ0v) is 13.5. The molecular weight excluding hydrogens is 377 g/mol. The molecule has 6 heteroatoms. The third-order valence-electron chi connectivity index (χ3n) is 2.64. The van der Waals surface area contributed by atoms with Crippen molar-refractivity contribution < 1.29 is 4.74 Å². The highest BCUT2D eigenvalue weighted by atomic mass is 127. The Balaban J connectivity index is 2.08. The summed E-state index contributed by atoms with van der Waals surface area (Å²) in [6.07, 6.45) is 4.71. The summed E-state index contributed by atoms with van der Waals surface area (Å²) in [5, 5.41) is 4.05. The SMILES string of the molecule is COCCCn1ccnc1Nc1ccc(Cl)cc1I. The molecule has 0 unspecified atom stereocenters. The minimum Gasteiger partial charge on any atom is -0.385 e. The Morgan fingerprint density at radius 3 is 3.05 bits per heavy atom. The number of rotatable bonds is 6. The van der Waals surface area contributed by atoms with Crippen molar-refractivity contribution in [1.82, 2.24) is 9.55 Å². The van der Waals surface area contributed by atoms with Crippen LogP contribution in [-0.2, 0) is 11.3 Å². The first-order chi connectivity index (χ1) is 9.20. The van der Waals surface area contributed by atoms with E-state index in [1.165, 1.54) is 0 Å². The number of nitrogens with one attached hydrogen (secondary N) is 1. The summed E-state index contributed by atoms with van der Waals surface area (Å²) < 4.78 is 8.20. The van der Waals surface area contributed by atoms with Crippen molar-refractivity contribution in [3.63, 3.8) is 0 Å². The van der Waals surface area contributed by atoms with Crippen molar-refractivity contribution >= 4 is 45.8 Å². The second kappa shape index (κ2) is 7.12. The van der Waals surface area contributed by atoms with Crippen molar-refractivity contribution in [1.29, 1.82) is 0 Å². The van der Waals surface area contributed by atoms with Crippen molar-refractivity contribution in [2.45, 2.75) is 13.0 Å². The first kappa shape index (κ1) is 14.6. The van der Waals surface area contributed by atoms with Crippen LogP contribution in [-0.4, -0.2) is 23.3 Å². The Morgan fingerprint density at radius 2 is 2.32 bits per heavy atom. The molecule has 0 aliphatic carbocycles. The van der Waals surface area contributed by atoms with Crippen LogP contribution >= 0.6 is 34.2 Å². The molecule has 1 aromatic carbocycles. The maximum atomic E-state index is 5.95. The number of benzene rings is 1. The number of aryl methyl sites for hydroxylation is 1. The summed E-state index contributed by atoms with van der Waals surface area (Å²) in [7, 11) is 1.71. The minimum atomic E-state index is 0.735. The van der Waals surface area contributed by atoms with E-state index in [2.05, 4.69) is 37.5 Å². The standard InChI is InChI=1S/C13H15ClIN3O/c1-19-8-2-6-18-7-5-16-13(18)17-12-4-3-10(14)9-11(12)15/h3-5,7,9H,2,6,8H2,1H3,(H,16,17). The van der Waals surface area contributed by atoms with Gasteiger partial charge in [-0.3, -0.25) is 0 Å². The molecule has 0 atom stereocenters. The van der Waals surface area contributed by atoms with Crippen LogP contribution in [0, 0.1) is 3.57 Å². The van der Waals surface area contributed by atoms with Crippen LogP contribution in [0.3, 0.4) is 0 Å². The maximum Gasteiger partial charge on any atom is 0.207 e. The topological polar surface area (TPSA) is 39.1 Å². The molecule has 0 aliphatic heterocycles. The van der Waals surface area contributed by atoms with E-state index in [1.54, 1.807) is 13.3 Å². The molecule has 0 amide bonds. The van der Waals surface area contributed by atoms with Gasteiger partial charge in [0.05, 0.1) is 5.69 Å². The first-order valence-corrected chi connectivity index (χ1v) is 7.38. The largest absolute Gasteiger partial charge is 0.385 e. The fraction of sp³-hybridized carbons (Fsp3) is 0.308. The normalized spacial score (nSPS) is 10.7. The smallest absolute Gasteiger partial charge is 0.207 e.